The second kappa shape index (κ2) is 12.3. The molecule has 0 aliphatic rings. The Morgan fingerprint density at radius 1 is 0.946 bits per heavy atom. The SMILES string of the molecule is Cc1ccc(NC(CNC(=O)OCc2ccccc2)Cc2ccccc2)c(=O)n1C(C(=O)O)C(C)(C)C. The topological polar surface area (TPSA) is 110 Å². The first-order chi connectivity index (χ1) is 17.6. The van der Waals surface area contributed by atoms with Crippen molar-refractivity contribution in [3.63, 3.8) is 0 Å². The fourth-order valence-electron chi connectivity index (χ4n) is 4.22. The standard InChI is InChI=1S/C29H35N3O5/c1-20-15-16-24(26(33)32(20)25(27(34)35)29(2,3)4)31-23(17-21-11-7-5-8-12-21)18-30-28(36)37-19-22-13-9-6-10-14-22/h5-16,23,25,31H,17-19H2,1-4H3,(H,30,36)(H,34,35). The van der Waals surface area contributed by atoms with Crippen LogP contribution < -0.4 is 16.2 Å². The zero-order valence-electron chi connectivity index (χ0n) is 21.7. The second-order valence-electron chi connectivity index (χ2n) is 10.1. The van der Waals surface area contributed by atoms with Gasteiger partial charge in [-0.1, -0.05) is 81.4 Å². The third kappa shape index (κ3) is 7.70. The van der Waals surface area contributed by atoms with E-state index in [0.29, 0.717) is 12.1 Å². The fourth-order valence-corrected chi connectivity index (χ4v) is 4.22. The summed E-state index contributed by atoms with van der Waals surface area (Å²) in [5.41, 5.74) is 1.61. The first-order valence-electron chi connectivity index (χ1n) is 12.3. The summed E-state index contributed by atoms with van der Waals surface area (Å²) < 4.78 is 6.65. The van der Waals surface area contributed by atoms with Crippen LogP contribution in [0.4, 0.5) is 10.5 Å². The summed E-state index contributed by atoms with van der Waals surface area (Å²) in [4.78, 5) is 38.0. The van der Waals surface area contributed by atoms with E-state index in [1.807, 2.05) is 60.7 Å². The van der Waals surface area contributed by atoms with Crippen LogP contribution in [0.15, 0.2) is 77.6 Å². The highest BCUT2D eigenvalue weighted by Crippen LogP contribution is 2.31. The monoisotopic (exact) mass is 505 g/mol. The third-order valence-electron chi connectivity index (χ3n) is 6.02. The van der Waals surface area contributed by atoms with Crippen LogP contribution in [-0.4, -0.2) is 34.3 Å². The normalized spacial score (nSPS) is 12.9. The van der Waals surface area contributed by atoms with Gasteiger partial charge in [0.1, 0.15) is 18.3 Å². The maximum atomic E-state index is 13.5. The van der Waals surface area contributed by atoms with E-state index >= 15 is 0 Å². The quantitative estimate of drug-likeness (QED) is 0.366. The van der Waals surface area contributed by atoms with Gasteiger partial charge in [-0.3, -0.25) is 9.36 Å². The van der Waals surface area contributed by atoms with Crippen LogP contribution in [0.5, 0.6) is 0 Å². The Bertz CT molecular complexity index is 1250. The number of benzene rings is 2. The lowest BCUT2D eigenvalue weighted by Crippen LogP contribution is -2.42. The number of aliphatic carboxylic acids is 1. The second-order valence-corrected chi connectivity index (χ2v) is 10.1. The molecule has 8 nitrogen and oxygen atoms in total. The van der Waals surface area contributed by atoms with Gasteiger partial charge < -0.3 is 20.5 Å². The van der Waals surface area contributed by atoms with E-state index in [0.717, 1.165) is 11.1 Å². The summed E-state index contributed by atoms with van der Waals surface area (Å²) in [6, 6.07) is 21.1. The number of nitrogens with zero attached hydrogens (tertiary/aromatic N) is 1. The molecule has 37 heavy (non-hydrogen) atoms. The molecule has 3 rings (SSSR count). The van der Waals surface area contributed by atoms with Crippen LogP contribution in [0.25, 0.3) is 0 Å². The van der Waals surface area contributed by atoms with Crippen molar-refractivity contribution in [3.05, 3.63) is 100.0 Å². The molecule has 2 atom stereocenters. The maximum Gasteiger partial charge on any atom is 0.407 e. The molecular formula is C29H35N3O5. The number of rotatable bonds is 10. The van der Waals surface area contributed by atoms with Crippen molar-refractivity contribution >= 4 is 17.7 Å². The van der Waals surface area contributed by atoms with Crippen molar-refractivity contribution in [2.75, 3.05) is 11.9 Å². The highest BCUT2D eigenvalue weighted by molar-refractivity contribution is 5.73. The largest absolute Gasteiger partial charge is 0.480 e. The van der Waals surface area contributed by atoms with Crippen molar-refractivity contribution < 1.29 is 19.4 Å². The number of hydrogen-bond donors (Lipinski definition) is 3. The van der Waals surface area contributed by atoms with E-state index in [1.54, 1.807) is 39.8 Å². The van der Waals surface area contributed by atoms with Gasteiger partial charge >= 0.3 is 12.1 Å². The number of carbonyl (C=O) groups excluding carboxylic acids is 1. The number of nitrogens with one attached hydrogen (secondary N) is 2. The Morgan fingerprint density at radius 2 is 1.54 bits per heavy atom. The lowest BCUT2D eigenvalue weighted by molar-refractivity contribution is -0.144. The molecule has 0 bridgehead atoms. The molecule has 2 unspecified atom stereocenters. The minimum atomic E-state index is -1.07. The van der Waals surface area contributed by atoms with Crippen LogP contribution >= 0.6 is 0 Å². The Kier molecular flexibility index (Phi) is 9.11. The summed E-state index contributed by atoms with van der Waals surface area (Å²) in [6.45, 7) is 7.44. The minimum Gasteiger partial charge on any atom is -0.480 e. The number of anilines is 1. The summed E-state index contributed by atoms with van der Waals surface area (Å²) in [6.07, 6.45) is -0.0434. The van der Waals surface area contributed by atoms with Crippen molar-refractivity contribution in [2.45, 2.75) is 52.8 Å². The molecule has 3 N–H and O–H groups in total. The number of ether oxygens (including phenoxy) is 1. The molecule has 0 saturated carbocycles. The van der Waals surface area contributed by atoms with Gasteiger partial charge in [-0.25, -0.2) is 9.59 Å². The average molecular weight is 506 g/mol. The van der Waals surface area contributed by atoms with Crippen LogP contribution in [0.2, 0.25) is 0 Å². The van der Waals surface area contributed by atoms with Crippen LogP contribution in [-0.2, 0) is 22.6 Å². The number of aryl methyl sites for hydroxylation is 1. The van der Waals surface area contributed by atoms with E-state index < -0.39 is 29.1 Å². The lowest BCUT2D eigenvalue weighted by atomic mass is 9.86. The van der Waals surface area contributed by atoms with Crippen LogP contribution in [0.1, 0.15) is 43.6 Å². The lowest BCUT2D eigenvalue weighted by Gasteiger charge is -2.31. The van der Waals surface area contributed by atoms with Gasteiger partial charge in [0.15, 0.2) is 0 Å². The van der Waals surface area contributed by atoms with Crippen molar-refractivity contribution in [1.82, 2.24) is 9.88 Å². The van der Waals surface area contributed by atoms with E-state index in [2.05, 4.69) is 10.6 Å². The molecule has 0 aliphatic carbocycles. The van der Waals surface area contributed by atoms with Gasteiger partial charge in [-0.05, 0) is 42.0 Å². The summed E-state index contributed by atoms with van der Waals surface area (Å²) in [5, 5.41) is 15.9. The molecule has 0 radical (unpaired) electrons. The number of carboxylic acids is 1. The molecule has 2 aromatic carbocycles. The Hall–Kier alpha value is -4.07. The smallest absolute Gasteiger partial charge is 0.407 e. The number of alkyl carbamates (subject to hydrolysis) is 1. The van der Waals surface area contributed by atoms with Crippen molar-refractivity contribution in [2.24, 2.45) is 5.41 Å². The Morgan fingerprint density at radius 3 is 2.11 bits per heavy atom. The maximum absolute atomic E-state index is 13.5. The molecule has 0 saturated heterocycles. The van der Waals surface area contributed by atoms with Crippen LogP contribution in [0, 0.1) is 12.3 Å². The zero-order chi connectivity index (χ0) is 27.0. The van der Waals surface area contributed by atoms with E-state index in [4.69, 9.17) is 4.74 Å². The van der Waals surface area contributed by atoms with Gasteiger partial charge in [-0.15, -0.1) is 0 Å². The molecule has 8 heteroatoms. The number of carboxylic acid groups (broad SMARTS) is 1. The highest BCUT2D eigenvalue weighted by atomic mass is 16.5. The van der Waals surface area contributed by atoms with Gasteiger partial charge in [0.25, 0.3) is 5.56 Å². The number of pyridine rings is 1. The number of aromatic nitrogens is 1. The highest BCUT2D eigenvalue weighted by Gasteiger charge is 2.35. The summed E-state index contributed by atoms with van der Waals surface area (Å²) in [7, 11) is 0. The van der Waals surface area contributed by atoms with E-state index in [9.17, 15) is 19.5 Å². The summed E-state index contributed by atoms with van der Waals surface area (Å²) in [5.74, 6) is -1.07. The fraction of sp³-hybridized carbons (Fsp3) is 0.345. The van der Waals surface area contributed by atoms with Crippen molar-refractivity contribution in [3.8, 4) is 0 Å². The predicted octanol–water partition coefficient (Wildman–Crippen LogP) is 4.78. The summed E-state index contributed by atoms with van der Waals surface area (Å²) >= 11 is 0. The zero-order valence-corrected chi connectivity index (χ0v) is 21.7. The predicted molar refractivity (Wildman–Crippen MR) is 144 cm³/mol. The minimum absolute atomic E-state index is 0.148. The van der Waals surface area contributed by atoms with Gasteiger partial charge in [0.05, 0.1) is 0 Å². The third-order valence-corrected chi connectivity index (χ3v) is 6.02. The van der Waals surface area contributed by atoms with E-state index in [1.165, 1.54) is 4.57 Å². The average Bonchev–Trinajstić information content (AvgIpc) is 2.85. The first kappa shape index (κ1) is 27.5. The van der Waals surface area contributed by atoms with E-state index in [-0.39, 0.29) is 24.9 Å². The molecule has 0 fully saturated rings. The van der Waals surface area contributed by atoms with Gasteiger partial charge in [-0.2, -0.15) is 0 Å². The molecule has 1 aromatic heterocycles. The molecule has 0 aliphatic heterocycles. The van der Waals surface area contributed by atoms with Crippen LogP contribution in [0.3, 0.4) is 0 Å². The van der Waals surface area contributed by atoms with Crippen molar-refractivity contribution in [1.29, 1.82) is 0 Å². The Labute approximate surface area is 217 Å². The van der Waals surface area contributed by atoms with Gasteiger partial charge in [0, 0.05) is 18.3 Å². The molecule has 1 heterocycles. The number of carbonyl (C=O) groups is 2. The Balaban J connectivity index is 1.81. The first-order valence-corrected chi connectivity index (χ1v) is 12.3. The molecule has 0 spiro atoms. The van der Waals surface area contributed by atoms with Gasteiger partial charge in [0.2, 0.25) is 0 Å². The number of amides is 1. The number of hydrogen-bond acceptors (Lipinski definition) is 5. The molecular weight excluding hydrogens is 470 g/mol. The molecule has 3 aromatic rings. The molecule has 1 amide bonds. The molecule has 196 valence electrons.